The molecule has 2 aliphatic carbocycles. The van der Waals surface area contributed by atoms with Crippen LogP contribution in [0.1, 0.15) is 32.1 Å². The van der Waals surface area contributed by atoms with E-state index in [1.54, 1.807) is 6.08 Å². The van der Waals surface area contributed by atoms with Crippen molar-refractivity contribution in [3.63, 3.8) is 0 Å². The maximum atomic E-state index is 11.3. The van der Waals surface area contributed by atoms with Crippen LogP contribution in [0.25, 0.3) is 0 Å². The van der Waals surface area contributed by atoms with E-state index in [2.05, 4.69) is 6.58 Å². The van der Waals surface area contributed by atoms with E-state index < -0.39 is 11.4 Å². The average molecular weight is 217 g/mol. The Hall–Kier alpha value is -0.500. The average Bonchev–Trinajstić information content (AvgIpc) is 2.77. The second-order valence-corrected chi connectivity index (χ2v) is 4.34. The zero-order valence-electron chi connectivity index (χ0n) is 8.24. The molecule has 0 aliphatic heterocycles. The van der Waals surface area contributed by atoms with E-state index in [0.29, 0.717) is 11.8 Å². The van der Waals surface area contributed by atoms with Crippen LogP contribution in [0.3, 0.4) is 0 Å². The molecule has 1 unspecified atom stereocenters. The molecule has 2 fully saturated rings. The molecule has 0 spiro atoms. The number of rotatable bonds is 4. The molecule has 0 amide bonds. The first-order valence-electron chi connectivity index (χ1n) is 5.08. The third-order valence-electron chi connectivity index (χ3n) is 3.74. The van der Waals surface area contributed by atoms with E-state index >= 15 is 0 Å². The maximum absolute atomic E-state index is 11.3. The summed E-state index contributed by atoms with van der Waals surface area (Å²) in [5.41, 5.74) is -0.571. The molecule has 2 rings (SSSR count). The summed E-state index contributed by atoms with van der Waals surface area (Å²) in [5, 5.41) is 9.30. The van der Waals surface area contributed by atoms with Gasteiger partial charge in [0.1, 0.15) is 0 Å². The van der Waals surface area contributed by atoms with Crippen LogP contribution in [0.15, 0.2) is 12.7 Å². The highest BCUT2D eigenvalue weighted by Crippen LogP contribution is 2.56. The predicted molar refractivity (Wildman–Crippen MR) is 57.6 cm³/mol. The first-order valence-corrected chi connectivity index (χ1v) is 5.08. The fourth-order valence-electron chi connectivity index (χ4n) is 2.55. The number of carboxylic acids is 1. The van der Waals surface area contributed by atoms with E-state index in [0.717, 1.165) is 25.7 Å². The van der Waals surface area contributed by atoms with Gasteiger partial charge in [0.2, 0.25) is 0 Å². The van der Waals surface area contributed by atoms with E-state index in [9.17, 15) is 9.90 Å². The first-order chi connectivity index (χ1) is 6.21. The van der Waals surface area contributed by atoms with Crippen molar-refractivity contribution in [1.82, 2.24) is 0 Å². The minimum absolute atomic E-state index is 0. The molecule has 2 aliphatic rings. The standard InChI is InChI=1S/C11H16O2.ClH/c1-2-11(10(12)13,9-6-7-9)8-4-3-5-8;/h2,8-9H,1,3-7H2,(H,12,13);1H. The summed E-state index contributed by atoms with van der Waals surface area (Å²) in [6.07, 6.45) is 7.21. The Balaban J connectivity index is 0.000000980. The Morgan fingerprint density at radius 3 is 2.00 bits per heavy atom. The Labute approximate surface area is 90.8 Å². The van der Waals surface area contributed by atoms with Crippen molar-refractivity contribution in [3.05, 3.63) is 12.7 Å². The Morgan fingerprint density at radius 1 is 1.29 bits per heavy atom. The van der Waals surface area contributed by atoms with Crippen molar-refractivity contribution >= 4 is 18.4 Å². The van der Waals surface area contributed by atoms with E-state index in [-0.39, 0.29) is 12.4 Å². The van der Waals surface area contributed by atoms with Gasteiger partial charge in [0, 0.05) is 0 Å². The number of carboxylic acid groups (broad SMARTS) is 1. The minimum Gasteiger partial charge on any atom is -0.481 e. The van der Waals surface area contributed by atoms with Gasteiger partial charge in [-0.05, 0) is 37.5 Å². The number of carbonyl (C=O) groups is 1. The fourth-order valence-corrected chi connectivity index (χ4v) is 2.55. The van der Waals surface area contributed by atoms with Crippen LogP contribution < -0.4 is 0 Å². The van der Waals surface area contributed by atoms with Gasteiger partial charge in [-0.1, -0.05) is 12.5 Å². The van der Waals surface area contributed by atoms with Crippen molar-refractivity contribution < 1.29 is 9.90 Å². The Bertz CT molecular complexity index is 244. The van der Waals surface area contributed by atoms with Crippen molar-refractivity contribution in [3.8, 4) is 0 Å². The summed E-state index contributed by atoms with van der Waals surface area (Å²) in [6, 6.07) is 0. The smallest absolute Gasteiger partial charge is 0.314 e. The molecule has 0 saturated heterocycles. The molecule has 1 atom stereocenters. The second-order valence-electron chi connectivity index (χ2n) is 4.34. The van der Waals surface area contributed by atoms with Crippen LogP contribution in [0.2, 0.25) is 0 Å². The summed E-state index contributed by atoms with van der Waals surface area (Å²) in [7, 11) is 0. The molecule has 0 aromatic carbocycles. The lowest BCUT2D eigenvalue weighted by Gasteiger charge is -2.40. The second kappa shape index (κ2) is 3.93. The van der Waals surface area contributed by atoms with Gasteiger partial charge in [0.15, 0.2) is 0 Å². The topological polar surface area (TPSA) is 37.3 Å². The highest BCUT2D eigenvalue weighted by Gasteiger charge is 2.55. The molecule has 0 bridgehead atoms. The fraction of sp³-hybridized carbons (Fsp3) is 0.727. The molecular formula is C11H17ClO2. The van der Waals surface area contributed by atoms with E-state index in [1.165, 1.54) is 6.42 Å². The quantitative estimate of drug-likeness (QED) is 0.734. The van der Waals surface area contributed by atoms with Gasteiger partial charge < -0.3 is 5.11 Å². The van der Waals surface area contributed by atoms with Gasteiger partial charge in [0.25, 0.3) is 0 Å². The third-order valence-corrected chi connectivity index (χ3v) is 3.74. The number of hydrogen-bond acceptors (Lipinski definition) is 1. The molecule has 80 valence electrons. The molecule has 0 radical (unpaired) electrons. The monoisotopic (exact) mass is 216 g/mol. The Kier molecular flexibility index (Phi) is 3.25. The van der Waals surface area contributed by atoms with E-state index in [4.69, 9.17) is 0 Å². The number of halogens is 1. The summed E-state index contributed by atoms with van der Waals surface area (Å²) in [4.78, 5) is 11.3. The van der Waals surface area contributed by atoms with Crippen LogP contribution in [-0.2, 0) is 4.79 Å². The minimum atomic E-state index is -0.644. The SMILES string of the molecule is C=CC(C(=O)O)(C1CCC1)C1CC1.Cl. The highest BCUT2D eigenvalue weighted by molar-refractivity contribution is 5.85. The Morgan fingerprint density at radius 2 is 1.79 bits per heavy atom. The van der Waals surface area contributed by atoms with Gasteiger partial charge in [0.05, 0.1) is 5.41 Å². The lowest BCUT2D eigenvalue weighted by atomic mass is 9.62. The van der Waals surface area contributed by atoms with Crippen molar-refractivity contribution in [2.24, 2.45) is 17.3 Å². The lowest BCUT2D eigenvalue weighted by Crippen LogP contribution is -2.42. The molecule has 2 saturated carbocycles. The van der Waals surface area contributed by atoms with Gasteiger partial charge in [-0.25, -0.2) is 0 Å². The van der Waals surface area contributed by atoms with Crippen LogP contribution in [-0.4, -0.2) is 11.1 Å². The molecule has 0 aromatic rings. The van der Waals surface area contributed by atoms with Crippen LogP contribution in [0.4, 0.5) is 0 Å². The van der Waals surface area contributed by atoms with Gasteiger partial charge in [-0.3, -0.25) is 4.79 Å². The predicted octanol–water partition coefficient (Wildman–Crippen LogP) is 2.88. The highest BCUT2D eigenvalue weighted by atomic mass is 35.5. The van der Waals surface area contributed by atoms with Crippen LogP contribution >= 0.6 is 12.4 Å². The lowest BCUT2D eigenvalue weighted by molar-refractivity contribution is -0.152. The first kappa shape index (κ1) is 11.6. The van der Waals surface area contributed by atoms with Gasteiger partial charge >= 0.3 is 5.97 Å². The maximum Gasteiger partial charge on any atom is 0.314 e. The molecule has 1 N–H and O–H groups in total. The van der Waals surface area contributed by atoms with Gasteiger partial charge in [-0.2, -0.15) is 0 Å². The van der Waals surface area contributed by atoms with Crippen molar-refractivity contribution in [2.75, 3.05) is 0 Å². The van der Waals surface area contributed by atoms with Crippen molar-refractivity contribution in [2.45, 2.75) is 32.1 Å². The van der Waals surface area contributed by atoms with Gasteiger partial charge in [-0.15, -0.1) is 19.0 Å². The summed E-state index contributed by atoms with van der Waals surface area (Å²) >= 11 is 0. The summed E-state index contributed by atoms with van der Waals surface area (Å²) in [5.74, 6) is 0.109. The molecule has 0 aromatic heterocycles. The molecule has 14 heavy (non-hydrogen) atoms. The number of hydrogen-bond donors (Lipinski definition) is 1. The van der Waals surface area contributed by atoms with E-state index in [1.807, 2.05) is 0 Å². The molecule has 2 nitrogen and oxygen atoms in total. The van der Waals surface area contributed by atoms with Crippen LogP contribution in [0.5, 0.6) is 0 Å². The summed E-state index contributed by atoms with van der Waals surface area (Å²) in [6.45, 7) is 3.74. The van der Waals surface area contributed by atoms with Crippen molar-refractivity contribution in [1.29, 1.82) is 0 Å². The third kappa shape index (κ3) is 1.46. The summed E-state index contributed by atoms with van der Waals surface area (Å²) < 4.78 is 0. The number of aliphatic carboxylic acids is 1. The molecule has 3 heteroatoms. The van der Waals surface area contributed by atoms with Crippen LogP contribution in [0, 0.1) is 17.3 Å². The zero-order valence-corrected chi connectivity index (χ0v) is 9.05. The molecule has 0 heterocycles. The normalized spacial score (nSPS) is 25.4. The largest absolute Gasteiger partial charge is 0.481 e. The zero-order chi connectivity index (χ0) is 9.47. The molecular weight excluding hydrogens is 200 g/mol.